The van der Waals surface area contributed by atoms with E-state index in [1.165, 1.54) is 37.8 Å². The Morgan fingerprint density at radius 2 is 2.18 bits per heavy atom. The summed E-state index contributed by atoms with van der Waals surface area (Å²) in [4.78, 5) is 0.381. The maximum Gasteiger partial charge on any atom is 0.143 e. The molecule has 0 radical (unpaired) electrons. The van der Waals surface area contributed by atoms with Gasteiger partial charge in [0.15, 0.2) is 0 Å². The van der Waals surface area contributed by atoms with Crippen molar-refractivity contribution in [2.45, 2.75) is 57.9 Å². The van der Waals surface area contributed by atoms with Gasteiger partial charge in [0.25, 0.3) is 0 Å². The Labute approximate surface area is 108 Å². The zero-order valence-electron chi connectivity index (χ0n) is 10.4. The summed E-state index contributed by atoms with van der Waals surface area (Å²) in [6.45, 7) is 3.16. The third kappa shape index (κ3) is 3.03. The number of aryl methyl sites for hydroxylation is 1. The summed E-state index contributed by atoms with van der Waals surface area (Å²) >= 11 is 5.03. The molecule has 0 spiro atoms. The van der Waals surface area contributed by atoms with Crippen LogP contribution in [0.1, 0.15) is 62.8 Å². The molecule has 2 rings (SSSR count). The van der Waals surface area contributed by atoms with E-state index in [1.807, 2.05) is 4.68 Å². The van der Waals surface area contributed by atoms with E-state index in [9.17, 15) is 0 Å². The second kappa shape index (κ2) is 5.58. The summed E-state index contributed by atoms with van der Waals surface area (Å²) in [5.74, 6) is 0.590. The fourth-order valence-corrected chi connectivity index (χ4v) is 2.26. The average molecular weight is 252 g/mol. The number of hydrogen-bond acceptors (Lipinski definition) is 3. The highest BCUT2D eigenvalue weighted by Crippen LogP contribution is 2.41. The molecule has 1 aromatic rings. The van der Waals surface area contributed by atoms with Crippen molar-refractivity contribution in [1.29, 1.82) is 0 Å². The predicted octanol–water partition coefficient (Wildman–Crippen LogP) is 2.37. The monoisotopic (exact) mass is 252 g/mol. The first-order valence-electron chi connectivity index (χ1n) is 6.47. The Balaban J connectivity index is 2.03. The number of aromatic nitrogens is 3. The van der Waals surface area contributed by atoms with Gasteiger partial charge in [-0.05, 0) is 19.3 Å². The first-order valence-corrected chi connectivity index (χ1v) is 6.88. The highest BCUT2D eigenvalue weighted by atomic mass is 32.1. The molecule has 1 aliphatic rings. The smallest absolute Gasteiger partial charge is 0.143 e. The first-order chi connectivity index (χ1) is 8.24. The van der Waals surface area contributed by atoms with E-state index in [-0.39, 0.29) is 0 Å². The van der Waals surface area contributed by atoms with Crippen molar-refractivity contribution in [2.24, 2.45) is 5.73 Å². The minimum absolute atomic E-state index is 0.381. The average Bonchev–Trinajstić information content (AvgIpc) is 3.05. The summed E-state index contributed by atoms with van der Waals surface area (Å²) in [5.41, 5.74) is 7.61. The molecule has 1 aliphatic carbocycles. The lowest BCUT2D eigenvalue weighted by Gasteiger charge is -2.06. The highest BCUT2D eigenvalue weighted by Gasteiger charge is 2.31. The maximum absolute atomic E-state index is 5.69. The number of nitrogens with zero attached hydrogens (tertiary/aromatic N) is 3. The van der Waals surface area contributed by atoms with E-state index in [0.717, 1.165) is 18.7 Å². The van der Waals surface area contributed by atoms with Gasteiger partial charge in [-0.1, -0.05) is 43.6 Å². The molecule has 0 saturated heterocycles. The van der Waals surface area contributed by atoms with Crippen LogP contribution in [0, 0.1) is 0 Å². The molecule has 0 amide bonds. The van der Waals surface area contributed by atoms with E-state index in [1.54, 1.807) is 0 Å². The first kappa shape index (κ1) is 12.5. The van der Waals surface area contributed by atoms with E-state index < -0.39 is 0 Å². The van der Waals surface area contributed by atoms with Gasteiger partial charge in [-0.3, -0.25) is 0 Å². The zero-order chi connectivity index (χ0) is 12.3. The molecule has 1 aromatic heterocycles. The van der Waals surface area contributed by atoms with E-state index >= 15 is 0 Å². The van der Waals surface area contributed by atoms with Crippen LogP contribution < -0.4 is 5.73 Å². The molecule has 0 aliphatic heterocycles. The van der Waals surface area contributed by atoms with Crippen molar-refractivity contribution in [3.63, 3.8) is 0 Å². The minimum atomic E-state index is 0.381. The summed E-state index contributed by atoms with van der Waals surface area (Å²) in [6.07, 6.45) is 7.40. The van der Waals surface area contributed by atoms with Gasteiger partial charge in [0, 0.05) is 12.5 Å². The number of thiocarbonyl (C=S) groups is 1. The van der Waals surface area contributed by atoms with Crippen LogP contribution in [0.5, 0.6) is 0 Å². The van der Waals surface area contributed by atoms with Crippen molar-refractivity contribution in [1.82, 2.24) is 15.0 Å². The van der Waals surface area contributed by atoms with Gasteiger partial charge in [0.1, 0.15) is 10.7 Å². The van der Waals surface area contributed by atoms with Crippen LogP contribution in [0.3, 0.4) is 0 Å². The number of rotatable bonds is 7. The molecule has 94 valence electrons. The van der Waals surface area contributed by atoms with Crippen molar-refractivity contribution in [2.75, 3.05) is 0 Å². The Kier molecular flexibility index (Phi) is 4.10. The second-order valence-corrected chi connectivity index (χ2v) is 5.19. The van der Waals surface area contributed by atoms with Crippen LogP contribution >= 0.6 is 12.2 Å². The lowest BCUT2D eigenvalue weighted by molar-refractivity contribution is 0.512. The number of nitrogens with two attached hydrogens (primary N) is 1. The maximum atomic E-state index is 5.69. The largest absolute Gasteiger partial charge is 0.388 e. The van der Waals surface area contributed by atoms with Gasteiger partial charge in [-0.25, -0.2) is 4.68 Å². The van der Waals surface area contributed by atoms with E-state index in [2.05, 4.69) is 17.2 Å². The number of hydrogen-bond donors (Lipinski definition) is 1. The third-order valence-electron chi connectivity index (χ3n) is 3.19. The molecule has 1 fully saturated rings. The molecular weight excluding hydrogens is 232 g/mol. The van der Waals surface area contributed by atoms with Gasteiger partial charge in [-0.2, -0.15) is 0 Å². The molecule has 2 N–H and O–H groups in total. The normalized spacial score (nSPS) is 15.1. The summed E-state index contributed by atoms with van der Waals surface area (Å²) < 4.78 is 2.02. The Morgan fingerprint density at radius 1 is 1.41 bits per heavy atom. The molecule has 0 aromatic carbocycles. The van der Waals surface area contributed by atoms with Crippen molar-refractivity contribution in [3.05, 3.63) is 11.4 Å². The Morgan fingerprint density at radius 3 is 2.76 bits per heavy atom. The Bertz CT molecular complexity index is 395. The molecule has 0 bridgehead atoms. The fraction of sp³-hybridized carbons (Fsp3) is 0.750. The van der Waals surface area contributed by atoms with Crippen LogP contribution in [0.2, 0.25) is 0 Å². The van der Waals surface area contributed by atoms with Gasteiger partial charge in [0.05, 0.1) is 5.69 Å². The van der Waals surface area contributed by atoms with Gasteiger partial charge in [-0.15, -0.1) is 5.10 Å². The van der Waals surface area contributed by atoms with Crippen LogP contribution in [0.25, 0.3) is 0 Å². The van der Waals surface area contributed by atoms with Crippen LogP contribution in [0.15, 0.2) is 0 Å². The standard InChI is InChI=1S/C12H20N4S/c1-2-3-4-5-8-16-11(9-6-7-9)10(12(13)17)14-15-16/h9H,2-8H2,1H3,(H2,13,17). The van der Waals surface area contributed by atoms with Crippen LogP contribution in [-0.4, -0.2) is 20.0 Å². The highest BCUT2D eigenvalue weighted by molar-refractivity contribution is 7.80. The topological polar surface area (TPSA) is 56.7 Å². The van der Waals surface area contributed by atoms with Crippen LogP contribution in [-0.2, 0) is 6.54 Å². The fourth-order valence-electron chi connectivity index (χ4n) is 2.11. The summed E-state index contributed by atoms with van der Waals surface area (Å²) in [7, 11) is 0. The number of unbranched alkanes of at least 4 members (excludes halogenated alkanes) is 3. The van der Waals surface area contributed by atoms with Crippen LogP contribution in [0.4, 0.5) is 0 Å². The van der Waals surface area contributed by atoms with Crippen molar-refractivity contribution in [3.8, 4) is 0 Å². The molecule has 0 unspecified atom stereocenters. The molecule has 17 heavy (non-hydrogen) atoms. The molecule has 4 nitrogen and oxygen atoms in total. The third-order valence-corrected chi connectivity index (χ3v) is 3.39. The molecule has 1 saturated carbocycles. The summed E-state index contributed by atoms with van der Waals surface area (Å²) in [5, 5.41) is 8.32. The predicted molar refractivity (Wildman–Crippen MR) is 72.0 cm³/mol. The zero-order valence-corrected chi connectivity index (χ0v) is 11.2. The van der Waals surface area contributed by atoms with E-state index in [0.29, 0.717) is 10.9 Å². The molecule has 5 heteroatoms. The van der Waals surface area contributed by atoms with Gasteiger partial charge >= 0.3 is 0 Å². The minimum Gasteiger partial charge on any atom is -0.388 e. The second-order valence-electron chi connectivity index (χ2n) is 4.75. The van der Waals surface area contributed by atoms with Gasteiger partial charge in [0.2, 0.25) is 0 Å². The lowest BCUT2D eigenvalue weighted by Crippen LogP contribution is -2.13. The molecule has 1 heterocycles. The van der Waals surface area contributed by atoms with Gasteiger partial charge < -0.3 is 5.73 Å². The summed E-state index contributed by atoms with van der Waals surface area (Å²) in [6, 6.07) is 0. The molecular formula is C12H20N4S. The lowest BCUT2D eigenvalue weighted by atomic mass is 10.2. The quantitative estimate of drug-likeness (QED) is 0.598. The van der Waals surface area contributed by atoms with E-state index in [4.69, 9.17) is 18.0 Å². The van der Waals surface area contributed by atoms with Crippen molar-refractivity contribution < 1.29 is 0 Å². The Hall–Kier alpha value is -0.970. The molecule has 0 atom stereocenters. The SMILES string of the molecule is CCCCCCn1nnc(C(N)=S)c1C1CC1. The van der Waals surface area contributed by atoms with Crippen molar-refractivity contribution >= 4 is 17.2 Å².